The van der Waals surface area contributed by atoms with E-state index in [-0.39, 0.29) is 5.82 Å². The number of nitrogens with one attached hydrogen (secondary N) is 2. The van der Waals surface area contributed by atoms with Crippen LogP contribution >= 0.6 is 0 Å². The predicted molar refractivity (Wildman–Crippen MR) is 104 cm³/mol. The number of benzene rings is 2. The Balaban J connectivity index is 1.64. The van der Waals surface area contributed by atoms with Crippen molar-refractivity contribution in [3.05, 3.63) is 66.0 Å². The maximum Gasteiger partial charge on any atom is 0.191 e. The third-order valence-corrected chi connectivity index (χ3v) is 4.04. The molecule has 0 saturated heterocycles. The molecule has 0 spiro atoms. The topological polar surface area (TPSA) is 39.7 Å². The largest absolute Gasteiger partial charge is 0.375 e. The molecule has 2 aromatic carbocycles. The van der Waals surface area contributed by atoms with Gasteiger partial charge in [0.15, 0.2) is 5.96 Å². The van der Waals surface area contributed by atoms with Gasteiger partial charge in [0, 0.05) is 45.0 Å². The molecule has 2 N–H and O–H groups in total. The van der Waals surface area contributed by atoms with E-state index >= 15 is 0 Å². The zero-order chi connectivity index (χ0) is 17.9. The molecule has 0 bridgehead atoms. The van der Waals surface area contributed by atoms with Crippen molar-refractivity contribution in [3.63, 3.8) is 0 Å². The average molecular weight is 342 g/mol. The second-order valence-electron chi connectivity index (χ2n) is 5.91. The van der Waals surface area contributed by atoms with Gasteiger partial charge >= 0.3 is 0 Å². The number of aliphatic imine (C=N–C) groups is 1. The maximum atomic E-state index is 13.6. The van der Waals surface area contributed by atoms with E-state index in [1.165, 1.54) is 11.8 Å². The summed E-state index contributed by atoms with van der Waals surface area (Å²) in [6.45, 7) is 2.26. The average Bonchev–Trinajstić information content (AvgIpc) is 2.65. The van der Waals surface area contributed by atoms with Gasteiger partial charge in [-0.15, -0.1) is 0 Å². The van der Waals surface area contributed by atoms with Crippen molar-refractivity contribution in [1.82, 2.24) is 10.6 Å². The van der Waals surface area contributed by atoms with Crippen molar-refractivity contribution < 1.29 is 4.39 Å². The summed E-state index contributed by atoms with van der Waals surface area (Å²) in [6, 6.07) is 17.1. The number of para-hydroxylation sites is 1. The number of guanidine groups is 1. The first kappa shape index (κ1) is 18.8. The van der Waals surface area contributed by atoms with Crippen LogP contribution in [0.3, 0.4) is 0 Å². The number of hydrogen-bond donors (Lipinski definition) is 2. The molecule has 0 aliphatic heterocycles. The molecule has 0 aromatic heterocycles. The molecule has 0 aliphatic rings. The number of nitrogens with zero attached hydrogens (tertiary/aromatic N) is 2. The molecule has 0 atom stereocenters. The molecule has 2 aromatic rings. The molecule has 0 unspecified atom stereocenters. The third-order valence-electron chi connectivity index (χ3n) is 4.04. The van der Waals surface area contributed by atoms with Gasteiger partial charge in [-0.05, 0) is 31.0 Å². The number of anilines is 1. The van der Waals surface area contributed by atoms with Crippen LogP contribution in [0.5, 0.6) is 0 Å². The van der Waals surface area contributed by atoms with E-state index in [1.54, 1.807) is 19.2 Å². The van der Waals surface area contributed by atoms with Crippen LogP contribution in [0.4, 0.5) is 10.1 Å². The molecule has 0 radical (unpaired) electrons. The minimum Gasteiger partial charge on any atom is -0.375 e. The Morgan fingerprint density at radius 2 is 1.72 bits per heavy atom. The first-order valence-corrected chi connectivity index (χ1v) is 8.65. The van der Waals surface area contributed by atoms with E-state index < -0.39 is 0 Å². The molecule has 25 heavy (non-hydrogen) atoms. The Hall–Kier alpha value is -2.56. The molecule has 0 amide bonds. The van der Waals surface area contributed by atoms with Crippen molar-refractivity contribution in [3.8, 4) is 0 Å². The van der Waals surface area contributed by atoms with Gasteiger partial charge in [0.2, 0.25) is 0 Å². The van der Waals surface area contributed by atoms with Crippen molar-refractivity contribution in [2.45, 2.75) is 19.4 Å². The van der Waals surface area contributed by atoms with E-state index in [4.69, 9.17) is 0 Å². The van der Waals surface area contributed by atoms with Gasteiger partial charge in [0.1, 0.15) is 5.82 Å². The number of hydrogen-bond acceptors (Lipinski definition) is 2. The standard InChI is InChI=1S/C20H27FN4/c1-22-20(24-16-17-10-6-7-13-19(17)21)23-14-8-9-15-25(2)18-11-4-3-5-12-18/h3-7,10-13H,8-9,14-16H2,1-2H3,(H2,22,23,24). The monoisotopic (exact) mass is 342 g/mol. The molecule has 0 fully saturated rings. The molecule has 0 aliphatic carbocycles. The van der Waals surface area contributed by atoms with E-state index in [1.807, 2.05) is 12.1 Å². The van der Waals surface area contributed by atoms with Crippen LogP contribution in [0.15, 0.2) is 59.6 Å². The highest BCUT2D eigenvalue weighted by Gasteiger charge is 2.03. The Morgan fingerprint density at radius 1 is 1.00 bits per heavy atom. The fourth-order valence-electron chi connectivity index (χ4n) is 2.53. The zero-order valence-electron chi connectivity index (χ0n) is 15.0. The highest BCUT2D eigenvalue weighted by atomic mass is 19.1. The molecule has 2 rings (SSSR count). The van der Waals surface area contributed by atoms with Crippen LogP contribution in [-0.4, -0.2) is 33.1 Å². The fourth-order valence-corrected chi connectivity index (χ4v) is 2.53. The molecule has 0 heterocycles. The van der Waals surface area contributed by atoms with E-state index in [0.29, 0.717) is 18.1 Å². The normalized spacial score (nSPS) is 11.2. The summed E-state index contributed by atoms with van der Waals surface area (Å²) >= 11 is 0. The molecule has 4 nitrogen and oxygen atoms in total. The minimum absolute atomic E-state index is 0.200. The lowest BCUT2D eigenvalue weighted by Crippen LogP contribution is -2.37. The lowest BCUT2D eigenvalue weighted by atomic mass is 10.2. The van der Waals surface area contributed by atoms with E-state index in [2.05, 4.69) is 51.8 Å². The second-order valence-corrected chi connectivity index (χ2v) is 5.91. The van der Waals surface area contributed by atoms with Crippen molar-refractivity contribution in [2.75, 3.05) is 32.1 Å². The highest BCUT2D eigenvalue weighted by Crippen LogP contribution is 2.11. The summed E-state index contributed by atoms with van der Waals surface area (Å²) in [4.78, 5) is 6.43. The van der Waals surface area contributed by atoms with E-state index in [0.717, 1.165) is 25.9 Å². The number of halogens is 1. The van der Waals surface area contributed by atoms with Gasteiger partial charge in [-0.2, -0.15) is 0 Å². The molecule has 5 heteroatoms. The van der Waals surface area contributed by atoms with Crippen LogP contribution < -0.4 is 15.5 Å². The fraction of sp³-hybridized carbons (Fsp3) is 0.350. The third kappa shape index (κ3) is 6.45. The maximum absolute atomic E-state index is 13.6. The van der Waals surface area contributed by atoms with Gasteiger partial charge in [-0.3, -0.25) is 4.99 Å². The highest BCUT2D eigenvalue weighted by molar-refractivity contribution is 5.79. The Kier molecular flexibility index (Phi) is 7.76. The first-order valence-electron chi connectivity index (χ1n) is 8.65. The molecular weight excluding hydrogens is 315 g/mol. The first-order chi connectivity index (χ1) is 12.2. The van der Waals surface area contributed by atoms with Crippen LogP contribution in [0.1, 0.15) is 18.4 Å². The summed E-state index contributed by atoms with van der Waals surface area (Å²) in [5.41, 5.74) is 1.87. The Morgan fingerprint density at radius 3 is 2.44 bits per heavy atom. The summed E-state index contributed by atoms with van der Waals surface area (Å²) in [5.74, 6) is 0.495. The second kappa shape index (κ2) is 10.3. The van der Waals surface area contributed by atoms with Crippen LogP contribution in [0.25, 0.3) is 0 Å². The van der Waals surface area contributed by atoms with Crippen LogP contribution in [0, 0.1) is 5.82 Å². The number of rotatable bonds is 8. The summed E-state index contributed by atoms with van der Waals surface area (Å²) in [5, 5.41) is 6.41. The van der Waals surface area contributed by atoms with Gasteiger partial charge in [-0.25, -0.2) is 4.39 Å². The number of unbranched alkanes of at least 4 members (excludes halogenated alkanes) is 1. The minimum atomic E-state index is -0.200. The Bertz CT molecular complexity index is 658. The van der Waals surface area contributed by atoms with Gasteiger partial charge in [0.05, 0.1) is 0 Å². The van der Waals surface area contributed by atoms with Crippen molar-refractivity contribution in [2.24, 2.45) is 4.99 Å². The van der Waals surface area contributed by atoms with E-state index in [9.17, 15) is 4.39 Å². The SMILES string of the molecule is CN=C(NCCCCN(C)c1ccccc1)NCc1ccccc1F. The molecule has 134 valence electrons. The smallest absolute Gasteiger partial charge is 0.191 e. The van der Waals surface area contributed by atoms with Gasteiger partial charge < -0.3 is 15.5 Å². The predicted octanol–water partition coefficient (Wildman–Crippen LogP) is 3.41. The molecule has 0 saturated carbocycles. The lowest BCUT2D eigenvalue weighted by Gasteiger charge is -2.19. The molecular formula is C20H27FN4. The van der Waals surface area contributed by atoms with Gasteiger partial charge in [0.25, 0.3) is 0 Å². The lowest BCUT2D eigenvalue weighted by molar-refractivity contribution is 0.604. The van der Waals surface area contributed by atoms with Crippen LogP contribution in [-0.2, 0) is 6.54 Å². The Labute approximate surface area is 149 Å². The van der Waals surface area contributed by atoms with Crippen molar-refractivity contribution in [1.29, 1.82) is 0 Å². The van der Waals surface area contributed by atoms with Crippen LogP contribution in [0.2, 0.25) is 0 Å². The van der Waals surface area contributed by atoms with Crippen molar-refractivity contribution >= 4 is 11.6 Å². The zero-order valence-corrected chi connectivity index (χ0v) is 15.0. The quantitative estimate of drug-likeness (QED) is 0.439. The summed E-state index contributed by atoms with van der Waals surface area (Å²) < 4.78 is 13.6. The van der Waals surface area contributed by atoms with Gasteiger partial charge in [-0.1, -0.05) is 36.4 Å². The summed E-state index contributed by atoms with van der Waals surface area (Å²) in [7, 11) is 3.83. The summed E-state index contributed by atoms with van der Waals surface area (Å²) in [6.07, 6.45) is 2.13.